The highest BCUT2D eigenvalue weighted by atomic mass is 32.1. The van der Waals surface area contributed by atoms with E-state index >= 15 is 0 Å². The van der Waals surface area contributed by atoms with Crippen molar-refractivity contribution in [3.05, 3.63) is 5.01 Å². The number of aromatic nitrogens is 2. The molecule has 1 unspecified atom stereocenters. The zero-order valence-corrected chi connectivity index (χ0v) is 11.4. The van der Waals surface area contributed by atoms with Gasteiger partial charge in [-0.05, 0) is 19.8 Å². The largest absolute Gasteiger partial charge is 0.383 e. The van der Waals surface area contributed by atoms with Crippen molar-refractivity contribution in [2.24, 2.45) is 0 Å². The number of hydrogen-bond acceptors (Lipinski definition) is 6. The maximum absolute atomic E-state index is 12.3. The first-order valence-electron chi connectivity index (χ1n) is 5.94. The molecule has 100 valence electrons. The first-order chi connectivity index (χ1) is 8.72. The average Bonchev–Trinajstić information content (AvgIpc) is 3.00. The Morgan fingerprint density at radius 3 is 3.00 bits per heavy atom. The van der Waals surface area contributed by atoms with Crippen LogP contribution in [0.1, 0.15) is 17.8 Å². The van der Waals surface area contributed by atoms with Gasteiger partial charge in [-0.1, -0.05) is 11.3 Å². The van der Waals surface area contributed by atoms with E-state index in [1.807, 2.05) is 6.92 Å². The number of rotatable bonds is 5. The fourth-order valence-electron chi connectivity index (χ4n) is 1.82. The maximum atomic E-state index is 12.3. The molecule has 18 heavy (non-hydrogen) atoms. The molecule has 0 aromatic carbocycles. The van der Waals surface area contributed by atoms with Crippen LogP contribution in [0, 0.1) is 6.92 Å². The number of hydrogen-bond donors (Lipinski definition) is 0. The van der Waals surface area contributed by atoms with Crippen LogP contribution in [-0.4, -0.2) is 49.1 Å². The zero-order valence-electron chi connectivity index (χ0n) is 10.6. The molecule has 6 nitrogen and oxygen atoms in total. The second-order valence-electron chi connectivity index (χ2n) is 4.09. The van der Waals surface area contributed by atoms with Gasteiger partial charge in [-0.15, -0.1) is 10.2 Å². The van der Waals surface area contributed by atoms with Gasteiger partial charge in [0.25, 0.3) is 5.91 Å². The highest BCUT2D eigenvalue weighted by molar-refractivity contribution is 7.15. The third-order valence-corrected chi connectivity index (χ3v) is 3.60. The van der Waals surface area contributed by atoms with Gasteiger partial charge in [-0.25, -0.2) is 0 Å². The molecule has 0 bridgehead atoms. The molecule has 0 radical (unpaired) electrons. The Balaban J connectivity index is 2.10. The molecule has 0 spiro atoms. The van der Waals surface area contributed by atoms with Crippen molar-refractivity contribution in [2.45, 2.75) is 25.9 Å². The lowest BCUT2D eigenvalue weighted by atomic mass is 10.2. The van der Waals surface area contributed by atoms with Crippen LogP contribution in [0.15, 0.2) is 0 Å². The van der Waals surface area contributed by atoms with Crippen LogP contribution in [0.25, 0.3) is 0 Å². The Morgan fingerprint density at radius 2 is 2.44 bits per heavy atom. The molecule has 0 aliphatic carbocycles. The van der Waals surface area contributed by atoms with Gasteiger partial charge < -0.3 is 9.47 Å². The van der Waals surface area contributed by atoms with Crippen LogP contribution in [0.5, 0.6) is 0 Å². The molecule has 1 aliphatic heterocycles. The summed E-state index contributed by atoms with van der Waals surface area (Å²) in [6, 6.07) is 0. The molecule has 1 amide bonds. The van der Waals surface area contributed by atoms with E-state index < -0.39 is 0 Å². The van der Waals surface area contributed by atoms with Crippen molar-refractivity contribution in [2.75, 3.05) is 31.8 Å². The van der Waals surface area contributed by atoms with Gasteiger partial charge in [0.2, 0.25) is 5.13 Å². The van der Waals surface area contributed by atoms with E-state index in [4.69, 9.17) is 9.47 Å². The Hall–Kier alpha value is -1.05. The molecule has 0 N–H and O–H groups in total. The molecule has 1 aromatic rings. The SMILES string of the molecule is COCCN(C(=O)C1CCCO1)c1nnc(C)s1. The van der Waals surface area contributed by atoms with Crippen LogP contribution < -0.4 is 4.90 Å². The van der Waals surface area contributed by atoms with E-state index in [-0.39, 0.29) is 12.0 Å². The third kappa shape index (κ3) is 3.04. The van der Waals surface area contributed by atoms with Crippen molar-refractivity contribution in [1.29, 1.82) is 0 Å². The van der Waals surface area contributed by atoms with E-state index in [1.54, 1.807) is 12.0 Å². The second kappa shape index (κ2) is 6.21. The molecule has 1 aliphatic rings. The number of nitrogens with zero attached hydrogens (tertiary/aromatic N) is 3. The Morgan fingerprint density at radius 1 is 1.61 bits per heavy atom. The first kappa shape index (κ1) is 13.4. The molecule has 1 atom stereocenters. The van der Waals surface area contributed by atoms with E-state index in [9.17, 15) is 4.79 Å². The Bertz CT molecular complexity index is 404. The summed E-state index contributed by atoms with van der Waals surface area (Å²) in [5.74, 6) is -0.0410. The molecule has 1 fully saturated rings. The third-order valence-electron chi connectivity index (χ3n) is 2.74. The minimum absolute atomic E-state index is 0.0410. The molecule has 1 saturated heterocycles. The monoisotopic (exact) mass is 271 g/mol. The predicted octanol–water partition coefficient (Wildman–Crippen LogP) is 1.00. The first-order valence-corrected chi connectivity index (χ1v) is 6.76. The van der Waals surface area contributed by atoms with E-state index in [0.717, 1.165) is 17.8 Å². The van der Waals surface area contributed by atoms with Crippen LogP contribution in [0.3, 0.4) is 0 Å². The van der Waals surface area contributed by atoms with Gasteiger partial charge in [0.15, 0.2) is 0 Å². The number of aryl methyl sites for hydroxylation is 1. The van der Waals surface area contributed by atoms with Crippen molar-refractivity contribution >= 4 is 22.4 Å². The number of carbonyl (C=O) groups is 1. The van der Waals surface area contributed by atoms with Gasteiger partial charge >= 0.3 is 0 Å². The summed E-state index contributed by atoms with van der Waals surface area (Å²) in [6.45, 7) is 3.47. The van der Waals surface area contributed by atoms with E-state index in [1.165, 1.54) is 11.3 Å². The van der Waals surface area contributed by atoms with Crippen molar-refractivity contribution < 1.29 is 14.3 Å². The topological polar surface area (TPSA) is 64.5 Å². The summed E-state index contributed by atoms with van der Waals surface area (Å²) in [4.78, 5) is 14.0. The van der Waals surface area contributed by atoms with Gasteiger partial charge in [0, 0.05) is 13.7 Å². The standard InChI is InChI=1S/C11H17N3O3S/c1-8-12-13-11(18-8)14(5-7-16-2)10(15)9-4-3-6-17-9/h9H,3-7H2,1-2H3. The number of amides is 1. The number of anilines is 1. The van der Waals surface area contributed by atoms with Crippen LogP contribution >= 0.6 is 11.3 Å². The van der Waals surface area contributed by atoms with Crippen LogP contribution in [0.2, 0.25) is 0 Å². The molecule has 2 rings (SSSR count). The quantitative estimate of drug-likeness (QED) is 0.799. The number of carbonyl (C=O) groups excluding carboxylic acids is 1. The normalized spacial score (nSPS) is 19.1. The minimum Gasteiger partial charge on any atom is -0.383 e. The van der Waals surface area contributed by atoms with Gasteiger partial charge in [0.05, 0.1) is 13.2 Å². The molecule has 0 saturated carbocycles. The summed E-state index contributed by atoms with van der Waals surface area (Å²) in [5, 5.41) is 9.43. The van der Waals surface area contributed by atoms with Gasteiger partial charge in [0.1, 0.15) is 11.1 Å². The molecule has 2 heterocycles. The van der Waals surface area contributed by atoms with Crippen LogP contribution in [-0.2, 0) is 14.3 Å². The second-order valence-corrected chi connectivity index (χ2v) is 5.25. The maximum Gasteiger partial charge on any atom is 0.258 e. The van der Waals surface area contributed by atoms with Crippen molar-refractivity contribution in [3.63, 3.8) is 0 Å². The fraction of sp³-hybridized carbons (Fsp3) is 0.727. The lowest BCUT2D eigenvalue weighted by Crippen LogP contribution is -2.41. The summed E-state index contributed by atoms with van der Waals surface area (Å²) in [5.41, 5.74) is 0. The average molecular weight is 271 g/mol. The molecular formula is C11H17N3O3S. The smallest absolute Gasteiger partial charge is 0.258 e. The highest BCUT2D eigenvalue weighted by Gasteiger charge is 2.30. The minimum atomic E-state index is -0.342. The lowest BCUT2D eigenvalue weighted by molar-refractivity contribution is -0.127. The summed E-state index contributed by atoms with van der Waals surface area (Å²) in [6.07, 6.45) is 1.37. The predicted molar refractivity (Wildman–Crippen MR) is 67.8 cm³/mol. The van der Waals surface area contributed by atoms with Crippen molar-refractivity contribution in [1.82, 2.24) is 10.2 Å². The van der Waals surface area contributed by atoms with Crippen molar-refractivity contribution in [3.8, 4) is 0 Å². The number of ether oxygens (including phenoxy) is 2. The van der Waals surface area contributed by atoms with E-state index in [2.05, 4.69) is 10.2 Å². The summed E-state index contributed by atoms with van der Waals surface area (Å²) >= 11 is 1.41. The summed E-state index contributed by atoms with van der Waals surface area (Å²) < 4.78 is 10.5. The Kier molecular flexibility index (Phi) is 4.62. The lowest BCUT2D eigenvalue weighted by Gasteiger charge is -2.21. The molecule has 1 aromatic heterocycles. The fourth-order valence-corrected chi connectivity index (χ4v) is 2.54. The summed E-state index contributed by atoms with van der Waals surface area (Å²) in [7, 11) is 1.61. The van der Waals surface area contributed by atoms with Gasteiger partial charge in [-0.3, -0.25) is 9.69 Å². The van der Waals surface area contributed by atoms with E-state index in [0.29, 0.717) is 24.9 Å². The van der Waals surface area contributed by atoms with Crippen LogP contribution in [0.4, 0.5) is 5.13 Å². The van der Waals surface area contributed by atoms with Gasteiger partial charge in [-0.2, -0.15) is 0 Å². The molecule has 7 heteroatoms. The zero-order chi connectivity index (χ0) is 13.0. The number of methoxy groups -OCH3 is 1. The highest BCUT2D eigenvalue weighted by Crippen LogP contribution is 2.23. The Labute approximate surface area is 110 Å². The molecular weight excluding hydrogens is 254 g/mol.